The molecule has 33 heavy (non-hydrogen) atoms. The molecule has 0 bridgehead atoms. The van der Waals surface area contributed by atoms with Crippen molar-refractivity contribution in [1.29, 1.82) is 0 Å². The van der Waals surface area contributed by atoms with Crippen LogP contribution in [-0.4, -0.2) is 12.6 Å². The number of aryl methyl sites for hydroxylation is 1. The van der Waals surface area contributed by atoms with Crippen molar-refractivity contribution < 1.29 is 9.53 Å². The van der Waals surface area contributed by atoms with E-state index in [0.29, 0.717) is 6.61 Å². The van der Waals surface area contributed by atoms with Crippen LogP contribution in [0.4, 0.5) is 0 Å². The zero-order valence-electron chi connectivity index (χ0n) is 21.9. The second kappa shape index (κ2) is 13.5. The molecule has 0 radical (unpaired) electrons. The van der Waals surface area contributed by atoms with Gasteiger partial charge in [0.25, 0.3) is 0 Å². The van der Waals surface area contributed by atoms with E-state index in [2.05, 4.69) is 45.0 Å². The largest absolute Gasteiger partial charge is 0.465 e. The van der Waals surface area contributed by atoms with Crippen LogP contribution in [0, 0.1) is 17.3 Å². The lowest BCUT2D eigenvalue weighted by Crippen LogP contribution is -2.36. The standard InChI is InChI=1S/C31H50O2/c1-4-6-8-9-10-24-33-30(32)31(3)22-20-29(21-23-31)28-18-16-27(17-19-28)26-14-12-25(13-15-26)11-7-5-2/h12-15,27-29H,4-11,16-24H2,1-3H3. The molecule has 3 rings (SSSR count). The van der Waals surface area contributed by atoms with Gasteiger partial charge in [-0.1, -0.05) is 70.2 Å². The van der Waals surface area contributed by atoms with E-state index in [1.807, 2.05) is 0 Å². The molecule has 2 aliphatic carbocycles. The van der Waals surface area contributed by atoms with Gasteiger partial charge < -0.3 is 4.74 Å². The summed E-state index contributed by atoms with van der Waals surface area (Å²) in [6, 6.07) is 9.53. The maximum absolute atomic E-state index is 12.8. The molecule has 0 heterocycles. The van der Waals surface area contributed by atoms with Gasteiger partial charge in [0, 0.05) is 0 Å². The fourth-order valence-electron chi connectivity index (χ4n) is 6.26. The zero-order valence-corrected chi connectivity index (χ0v) is 21.9. The molecular weight excluding hydrogens is 404 g/mol. The molecule has 0 amide bonds. The Morgan fingerprint density at radius 1 is 0.818 bits per heavy atom. The minimum atomic E-state index is -0.239. The van der Waals surface area contributed by atoms with E-state index in [9.17, 15) is 4.79 Å². The normalized spacial score (nSPS) is 27.9. The average molecular weight is 455 g/mol. The molecule has 1 aromatic carbocycles. The summed E-state index contributed by atoms with van der Waals surface area (Å²) >= 11 is 0. The Morgan fingerprint density at radius 2 is 1.42 bits per heavy atom. The molecule has 186 valence electrons. The van der Waals surface area contributed by atoms with Gasteiger partial charge in [-0.3, -0.25) is 4.79 Å². The number of unbranched alkanes of at least 4 members (excludes halogenated alkanes) is 5. The fraction of sp³-hybridized carbons (Fsp3) is 0.774. The molecule has 2 fully saturated rings. The van der Waals surface area contributed by atoms with Crippen molar-refractivity contribution in [3.63, 3.8) is 0 Å². The first-order valence-corrected chi connectivity index (χ1v) is 14.3. The molecule has 0 N–H and O–H groups in total. The van der Waals surface area contributed by atoms with E-state index >= 15 is 0 Å². The Hall–Kier alpha value is -1.31. The van der Waals surface area contributed by atoms with Gasteiger partial charge in [-0.25, -0.2) is 0 Å². The maximum atomic E-state index is 12.8. The van der Waals surface area contributed by atoms with Crippen LogP contribution in [0.1, 0.15) is 134 Å². The molecule has 2 nitrogen and oxygen atoms in total. The number of ether oxygens (including phenoxy) is 1. The van der Waals surface area contributed by atoms with Gasteiger partial charge >= 0.3 is 5.97 Å². The van der Waals surface area contributed by atoms with Gasteiger partial charge in [0.1, 0.15) is 0 Å². The lowest BCUT2D eigenvalue weighted by Gasteiger charge is -2.41. The van der Waals surface area contributed by atoms with Crippen molar-refractivity contribution in [3.05, 3.63) is 35.4 Å². The second-order valence-electron chi connectivity index (χ2n) is 11.4. The van der Waals surface area contributed by atoms with Crippen molar-refractivity contribution in [2.24, 2.45) is 17.3 Å². The van der Waals surface area contributed by atoms with Crippen molar-refractivity contribution in [2.45, 2.75) is 129 Å². The number of hydrogen-bond acceptors (Lipinski definition) is 2. The quantitative estimate of drug-likeness (QED) is 0.232. The third-order valence-corrected chi connectivity index (χ3v) is 8.82. The number of carbonyl (C=O) groups excluding carboxylic acids is 1. The molecule has 1 aromatic rings. The van der Waals surface area contributed by atoms with Crippen LogP contribution in [-0.2, 0) is 16.0 Å². The highest BCUT2D eigenvalue weighted by atomic mass is 16.5. The maximum Gasteiger partial charge on any atom is 0.311 e. The Bertz CT molecular complexity index is 675. The number of esters is 1. The summed E-state index contributed by atoms with van der Waals surface area (Å²) < 4.78 is 5.70. The van der Waals surface area contributed by atoms with E-state index in [0.717, 1.165) is 37.0 Å². The smallest absolute Gasteiger partial charge is 0.311 e. The highest BCUT2D eigenvalue weighted by Crippen LogP contribution is 2.47. The topological polar surface area (TPSA) is 26.3 Å². The first kappa shape index (κ1) is 26.3. The van der Waals surface area contributed by atoms with E-state index < -0.39 is 0 Å². The monoisotopic (exact) mass is 454 g/mol. The molecule has 0 spiro atoms. The Kier molecular flexibility index (Phi) is 10.8. The summed E-state index contributed by atoms with van der Waals surface area (Å²) in [6.45, 7) is 7.27. The van der Waals surface area contributed by atoms with E-state index in [1.165, 1.54) is 89.0 Å². The lowest BCUT2D eigenvalue weighted by molar-refractivity contribution is -0.158. The number of carbonyl (C=O) groups is 1. The summed E-state index contributed by atoms with van der Waals surface area (Å²) in [4.78, 5) is 12.8. The first-order valence-electron chi connectivity index (χ1n) is 14.3. The van der Waals surface area contributed by atoms with Gasteiger partial charge in [0.05, 0.1) is 12.0 Å². The summed E-state index contributed by atoms with van der Waals surface area (Å²) in [7, 11) is 0. The fourth-order valence-corrected chi connectivity index (χ4v) is 6.26. The average Bonchev–Trinajstić information content (AvgIpc) is 2.85. The predicted molar refractivity (Wildman–Crippen MR) is 140 cm³/mol. The molecule has 2 aliphatic rings. The third-order valence-electron chi connectivity index (χ3n) is 8.82. The number of rotatable bonds is 12. The van der Waals surface area contributed by atoms with Crippen LogP contribution in [0.15, 0.2) is 24.3 Å². The van der Waals surface area contributed by atoms with Crippen molar-refractivity contribution >= 4 is 5.97 Å². The summed E-state index contributed by atoms with van der Waals surface area (Å²) in [6.07, 6.45) is 19.7. The minimum Gasteiger partial charge on any atom is -0.465 e. The molecule has 0 unspecified atom stereocenters. The summed E-state index contributed by atoms with van der Waals surface area (Å²) in [5.74, 6) is 2.51. The van der Waals surface area contributed by atoms with Crippen molar-refractivity contribution in [1.82, 2.24) is 0 Å². The van der Waals surface area contributed by atoms with E-state index in [1.54, 1.807) is 5.56 Å². The number of hydrogen-bond donors (Lipinski definition) is 0. The molecule has 0 atom stereocenters. The summed E-state index contributed by atoms with van der Waals surface area (Å²) in [5, 5.41) is 0. The molecule has 2 heteroatoms. The van der Waals surface area contributed by atoms with Crippen LogP contribution in [0.25, 0.3) is 0 Å². The molecule has 0 saturated heterocycles. The predicted octanol–water partition coefficient (Wildman–Crippen LogP) is 9.01. The highest BCUT2D eigenvalue weighted by molar-refractivity contribution is 5.76. The van der Waals surface area contributed by atoms with Gasteiger partial charge in [0.2, 0.25) is 0 Å². The SMILES string of the molecule is CCCCCCCOC(=O)C1(C)CCC(C2CCC(c3ccc(CCCC)cc3)CC2)CC1. The van der Waals surface area contributed by atoms with Gasteiger partial charge in [-0.15, -0.1) is 0 Å². The van der Waals surface area contributed by atoms with E-state index in [4.69, 9.17) is 4.74 Å². The Balaban J connectivity index is 1.37. The molecule has 2 saturated carbocycles. The van der Waals surface area contributed by atoms with E-state index in [-0.39, 0.29) is 11.4 Å². The molecule has 0 aliphatic heterocycles. The van der Waals surface area contributed by atoms with Crippen molar-refractivity contribution in [3.8, 4) is 0 Å². The van der Waals surface area contributed by atoms with Crippen LogP contribution in [0.2, 0.25) is 0 Å². The van der Waals surface area contributed by atoms with Crippen LogP contribution in [0.3, 0.4) is 0 Å². The minimum absolute atomic E-state index is 0.0718. The highest BCUT2D eigenvalue weighted by Gasteiger charge is 2.41. The van der Waals surface area contributed by atoms with Gasteiger partial charge in [0.15, 0.2) is 0 Å². The summed E-state index contributed by atoms with van der Waals surface area (Å²) in [5.41, 5.74) is 2.81. The molecule has 0 aromatic heterocycles. The Morgan fingerprint density at radius 3 is 2.06 bits per heavy atom. The van der Waals surface area contributed by atoms with Crippen LogP contribution >= 0.6 is 0 Å². The second-order valence-corrected chi connectivity index (χ2v) is 11.4. The third kappa shape index (κ3) is 7.86. The Labute approximate surface area is 204 Å². The molecular formula is C31H50O2. The van der Waals surface area contributed by atoms with Gasteiger partial charge in [-0.05, 0) is 106 Å². The van der Waals surface area contributed by atoms with Gasteiger partial charge in [-0.2, -0.15) is 0 Å². The zero-order chi connectivity index (χ0) is 23.5. The lowest BCUT2D eigenvalue weighted by atomic mass is 9.64. The first-order chi connectivity index (χ1) is 16.1. The number of benzene rings is 1. The van der Waals surface area contributed by atoms with Crippen molar-refractivity contribution in [2.75, 3.05) is 6.61 Å². The van der Waals surface area contributed by atoms with Crippen LogP contribution in [0.5, 0.6) is 0 Å². The van der Waals surface area contributed by atoms with Crippen LogP contribution < -0.4 is 0 Å².